The summed E-state index contributed by atoms with van der Waals surface area (Å²) in [5.74, 6) is 0.241. The first-order chi connectivity index (χ1) is 11.7. The maximum absolute atomic E-state index is 13.1. The predicted molar refractivity (Wildman–Crippen MR) is 84.1 cm³/mol. The van der Waals surface area contributed by atoms with Crippen LogP contribution in [0.5, 0.6) is 0 Å². The summed E-state index contributed by atoms with van der Waals surface area (Å²) in [5, 5.41) is 2.76. The summed E-state index contributed by atoms with van der Waals surface area (Å²) in [6.07, 6.45) is -0.909. The Morgan fingerprint density at radius 1 is 1.20 bits per heavy atom. The number of halogens is 1. The van der Waals surface area contributed by atoms with Crippen molar-refractivity contribution in [2.24, 2.45) is 0 Å². The van der Waals surface area contributed by atoms with Gasteiger partial charge in [-0.05, 0) is 31.2 Å². The lowest BCUT2D eigenvalue weighted by Gasteiger charge is -2.07. The highest BCUT2D eigenvalue weighted by molar-refractivity contribution is 7.81. The molecule has 13 heteroatoms. The average Bonchev–Trinajstić information content (AvgIpc) is 2.50. The summed E-state index contributed by atoms with van der Waals surface area (Å²) in [4.78, 5) is 11.1. The summed E-state index contributed by atoms with van der Waals surface area (Å²) in [6.45, 7) is 0.732. The second-order valence-electron chi connectivity index (χ2n) is 4.43. The normalized spacial score (nSPS) is 12.8. The molecular weight excluding hydrogens is 379 g/mol. The van der Waals surface area contributed by atoms with Gasteiger partial charge in [0.2, 0.25) is 5.95 Å². The minimum Gasteiger partial charge on any atom is -0.324 e. The third-order valence-electron chi connectivity index (χ3n) is 2.53. The molecule has 1 aromatic carbocycles. The summed E-state index contributed by atoms with van der Waals surface area (Å²) < 4.78 is 62.9. The Morgan fingerprint density at radius 2 is 1.88 bits per heavy atom. The number of benzene rings is 1. The predicted octanol–water partition coefficient (Wildman–Crippen LogP) is 0.921. The molecular formula is C12H13FN4O6S2. The monoisotopic (exact) mass is 392 g/mol. The number of hydrogen-bond acceptors (Lipinski definition) is 9. The number of rotatable bonds is 8. The molecule has 0 aliphatic rings. The van der Waals surface area contributed by atoms with Gasteiger partial charge in [0.1, 0.15) is 5.82 Å². The quantitative estimate of drug-likeness (QED) is 0.492. The van der Waals surface area contributed by atoms with Gasteiger partial charge in [0, 0.05) is 5.69 Å². The van der Waals surface area contributed by atoms with Crippen LogP contribution in [0, 0.1) is 13.0 Å². The molecule has 0 saturated heterocycles. The Morgan fingerprint density at radius 3 is 2.48 bits per heavy atom. The van der Waals surface area contributed by atoms with Crippen molar-refractivity contribution in [3.8, 4) is 0 Å². The molecule has 0 fully saturated rings. The largest absolute Gasteiger partial charge is 0.397 e. The second-order valence-corrected chi connectivity index (χ2v) is 6.70. The number of nitrogens with one attached hydrogen (secondary N) is 1. The Labute approximate surface area is 145 Å². The van der Waals surface area contributed by atoms with E-state index in [4.69, 9.17) is 8.74 Å². The second kappa shape index (κ2) is 8.35. The van der Waals surface area contributed by atoms with Crippen molar-refractivity contribution in [2.75, 3.05) is 18.5 Å². The molecule has 136 valence electrons. The standard InChI is InChI=1S/C12H13FN4O6S2/c1-8-14-11(13)17-12(15-8)16-9-2-4-10(5-3-9)24(18)22-6-7-23-25(19,20)21/h2-5H,6-7H2,1H3,(H,19,20,21)(H,14,15,16,17). The number of aromatic nitrogens is 3. The number of nitrogens with zero attached hydrogens (tertiary/aromatic N) is 3. The number of anilines is 2. The van der Waals surface area contributed by atoms with Crippen LogP contribution in [-0.2, 0) is 29.8 Å². The zero-order chi connectivity index (χ0) is 18.4. The summed E-state index contributed by atoms with van der Waals surface area (Å²) in [6, 6.07) is 6.05. The van der Waals surface area contributed by atoms with Crippen molar-refractivity contribution < 1.29 is 29.9 Å². The zero-order valence-corrected chi connectivity index (χ0v) is 14.4. The van der Waals surface area contributed by atoms with E-state index < -0.39 is 34.2 Å². The first-order valence-corrected chi connectivity index (χ1v) is 9.09. The van der Waals surface area contributed by atoms with Crippen LogP contribution in [-0.4, -0.2) is 45.3 Å². The maximum atomic E-state index is 13.1. The zero-order valence-electron chi connectivity index (χ0n) is 12.7. The van der Waals surface area contributed by atoms with Crippen LogP contribution in [0.25, 0.3) is 0 Å². The fraction of sp³-hybridized carbons (Fsp3) is 0.250. The Bertz CT molecular complexity index is 842. The molecule has 1 atom stereocenters. The van der Waals surface area contributed by atoms with Gasteiger partial charge in [0.25, 0.3) is 0 Å². The molecule has 10 nitrogen and oxygen atoms in total. The summed E-state index contributed by atoms with van der Waals surface area (Å²) in [7, 11) is -4.56. The number of hydrogen-bond donors (Lipinski definition) is 2. The van der Waals surface area contributed by atoms with Crippen molar-refractivity contribution in [2.45, 2.75) is 11.8 Å². The smallest absolute Gasteiger partial charge is 0.324 e. The lowest BCUT2D eigenvalue weighted by atomic mass is 10.3. The lowest BCUT2D eigenvalue weighted by Crippen LogP contribution is -2.11. The average molecular weight is 392 g/mol. The number of aryl methyl sites for hydroxylation is 1. The molecule has 0 bridgehead atoms. The molecule has 1 aromatic heterocycles. The highest BCUT2D eigenvalue weighted by atomic mass is 32.3. The highest BCUT2D eigenvalue weighted by Gasteiger charge is 2.08. The minimum absolute atomic E-state index is 0.0254. The van der Waals surface area contributed by atoms with E-state index in [0.29, 0.717) is 10.6 Å². The van der Waals surface area contributed by atoms with Gasteiger partial charge >= 0.3 is 16.5 Å². The van der Waals surface area contributed by atoms with Crippen LogP contribution in [0.15, 0.2) is 29.2 Å². The van der Waals surface area contributed by atoms with E-state index in [1.165, 1.54) is 19.1 Å². The van der Waals surface area contributed by atoms with Crippen LogP contribution in [0.1, 0.15) is 5.82 Å². The molecule has 0 aliphatic carbocycles. The molecule has 1 heterocycles. The third-order valence-corrected chi connectivity index (χ3v) is 4.03. The summed E-state index contributed by atoms with van der Waals surface area (Å²) in [5.41, 5.74) is 0.514. The molecule has 2 aromatic rings. The van der Waals surface area contributed by atoms with E-state index in [1.807, 2.05) is 0 Å². The van der Waals surface area contributed by atoms with E-state index in [2.05, 4.69) is 24.5 Å². The fourth-order valence-corrected chi connectivity index (χ4v) is 2.59. The third kappa shape index (κ3) is 6.75. The van der Waals surface area contributed by atoms with E-state index >= 15 is 0 Å². The van der Waals surface area contributed by atoms with Gasteiger partial charge in [-0.3, -0.25) is 8.74 Å². The first kappa shape index (κ1) is 19.3. The van der Waals surface area contributed by atoms with Gasteiger partial charge in [0.05, 0.1) is 18.1 Å². The molecule has 0 amide bonds. The maximum Gasteiger partial charge on any atom is 0.397 e. The van der Waals surface area contributed by atoms with Crippen molar-refractivity contribution in [1.29, 1.82) is 0 Å². The van der Waals surface area contributed by atoms with E-state index in [1.54, 1.807) is 12.1 Å². The van der Waals surface area contributed by atoms with Crippen LogP contribution >= 0.6 is 0 Å². The molecule has 0 radical (unpaired) electrons. The molecule has 0 spiro atoms. The Kier molecular flexibility index (Phi) is 6.44. The Hall–Kier alpha value is -2.06. The van der Waals surface area contributed by atoms with Crippen molar-refractivity contribution in [3.05, 3.63) is 36.2 Å². The summed E-state index contributed by atoms with van der Waals surface area (Å²) >= 11 is -1.86. The molecule has 25 heavy (non-hydrogen) atoms. The van der Waals surface area contributed by atoms with E-state index in [0.717, 1.165) is 0 Å². The Balaban J connectivity index is 1.91. The highest BCUT2D eigenvalue weighted by Crippen LogP contribution is 2.16. The van der Waals surface area contributed by atoms with Gasteiger partial charge in [-0.15, -0.1) is 0 Å². The van der Waals surface area contributed by atoms with Crippen molar-refractivity contribution in [1.82, 2.24) is 15.0 Å². The van der Waals surface area contributed by atoms with Crippen LogP contribution in [0.4, 0.5) is 16.0 Å². The minimum atomic E-state index is -4.56. The van der Waals surface area contributed by atoms with Crippen molar-refractivity contribution >= 4 is 33.1 Å². The fourth-order valence-electron chi connectivity index (χ4n) is 1.60. The van der Waals surface area contributed by atoms with Gasteiger partial charge < -0.3 is 5.32 Å². The van der Waals surface area contributed by atoms with Gasteiger partial charge in [-0.2, -0.15) is 27.8 Å². The van der Waals surface area contributed by atoms with Gasteiger partial charge in [-0.1, -0.05) is 0 Å². The van der Waals surface area contributed by atoms with Crippen molar-refractivity contribution in [3.63, 3.8) is 0 Å². The molecule has 2 N–H and O–H groups in total. The molecule has 0 saturated carbocycles. The van der Waals surface area contributed by atoms with Crippen LogP contribution in [0.3, 0.4) is 0 Å². The molecule has 1 unspecified atom stereocenters. The molecule has 2 rings (SSSR count). The van der Waals surface area contributed by atoms with E-state index in [-0.39, 0.29) is 18.4 Å². The van der Waals surface area contributed by atoms with Gasteiger partial charge in [0.15, 0.2) is 11.1 Å². The SMILES string of the molecule is Cc1nc(F)nc(Nc2ccc(S(=O)OCCOS(=O)(=O)O)cc2)n1. The lowest BCUT2D eigenvalue weighted by molar-refractivity contribution is 0.212. The van der Waals surface area contributed by atoms with Gasteiger partial charge in [-0.25, -0.2) is 8.39 Å². The first-order valence-electron chi connectivity index (χ1n) is 6.65. The topological polar surface area (TPSA) is 141 Å². The van der Waals surface area contributed by atoms with Crippen LogP contribution in [0.2, 0.25) is 0 Å². The van der Waals surface area contributed by atoms with E-state index in [9.17, 15) is 17.0 Å². The molecule has 0 aliphatic heterocycles. The van der Waals surface area contributed by atoms with Crippen LogP contribution < -0.4 is 5.32 Å².